The van der Waals surface area contributed by atoms with Gasteiger partial charge in [0.05, 0.1) is 76.8 Å². The number of amides is 4. The highest BCUT2D eigenvalue weighted by molar-refractivity contribution is 7.47. The summed E-state index contributed by atoms with van der Waals surface area (Å²) < 4.78 is 70.2. The van der Waals surface area contributed by atoms with E-state index in [1.807, 2.05) is 0 Å². The normalized spacial score (nSPS) is 15.3. The van der Waals surface area contributed by atoms with Crippen molar-refractivity contribution < 1.29 is 105 Å². The van der Waals surface area contributed by atoms with Gasteiger partial charge >= 0.3 is 27.6 Å². The SMILES string of the molecule is CCCCCC=CCCCC(=O)O[C@H](CCCCCCC)CC(=O)NC(COCC[C@H](O)CCCCCCC)COP(=O)(O)OCCNC(=O)[C@@H](O)[C@H](O)C(=O)NCCOP(=O)(O)OCC(COCC[C@H](O)CCCCCCC)NC(=O)C[C@@H](CCCCCCC)OC(=O)CCCC=CCCCCCC. The molecule has 0 rings (SSSR count). The molecule has 28 heteroatoms. The molecular weight excluding hydrogens is 1390 g/mol. The van der Waals surface area contributed by atoms with Gasteiger partial charge in [-0.3, -0.25) is 46.9 Å². The molecule has 0 radical (unpaired) electrons. The van der Waals surface area contributed by atoms with E-state index in [0.717, 1.165) is 180 Å². The molecule has 616 valence electrons. The first-order chi connectivity index (χ1) is 50.5. The van der Waals surface area contributed by atoms with Crippen molar-refractivity contribution in [1.29, 1.82) is 0 Å². The standard InChI is InChI=1S/C77H146N4O22P2/c1-7-13-19-25-27-29-31-37-43-49-73(87)103-69(47-41-35-24-18-12-6)59-71(85)81-65(61-97-55-51-67(83)45-39-33-22-16-10-4)63-101-105(94,95)99-57-53-79-77(91)75(89)74(88)76(90)78-52-56-98-104(92,93)100-62-64(60-96-54-50-66(82)44-38-32-21-15-9-3)80-70(84)58-68(46-40-34-23-17-11-5)102-72(86)48-42-36-30-28-26-20-14-8-2/h28-31,64-69,74-75,82-83,88-89H,7-27,32-63H2,1-6H3,(H,78,90)(H,79,91)(H,80,84)(H,81,85)(H,92,93)(H,94,95)/t64?,65?,66-,67-,68-,69-,74+,75+/m1/s1. The minimum absolute atomic E-state index is 0.110. The molecule has 0 bridgehead atoms. The number of nitrogens with one attached hydrogen (secondary N) is 4. The van der Waals surface area contributed by atoms with Crippen molar-refractivity contribution in [2.24, 2.45) is 0 Å². The second-order valence-corrected chi connectivity index (χ2v) is 30.7. The van der Waals surface area contributed by atoms with Crippen LogP contribution in [-0.2, 0) is 74.9 Å². The fourth-order valence-corrected chi connectivity index (χ4v) is 12.8. The number of carbonyl (C=O) groups excluding carboxylic acids is 6. The number of hydrogen-bond acceptors (Lipinski definition) is 20. The van der Waals surface area contributed by atoms with E-state index >= 15 is 0 Å². The van der Waals surface area contributed by atoms with Crippen LogP contribution in [0, 0.1) is 0 Å². The van der Waals surface area contributed by atoms with Crippen molar-refractivity contribution >= 4 is 51.2 Å². The van der Waals surface area contributed by atoms with Crippen molar-refractivity contribution in [1.82, 2.24) is 21.3 Å². The minimum Gasteiger partial charge on any atom is -0.462 e. The lowest BCUT2D eigenvalue weighted by Gasteiger charge is -2.23. The predicted molar refractivity (Wildman–Crippen MR) is 410 cm³/mol. The van der Waals surface area contributed by atoms with Gasteiger partial charge in [-0.15, -0.1) is 0 Å². The Kier molecular flexibility index (Phi) is 67.0. The van der Waals surface area contributed by atoms with Crippen LogP contribution in [0.25, 0.3) is 0 Å². The van der Waals surface area contributed by atoms with Gasteiger partial charge in [0.1, 0.15) is 12.2 Å². The van der Waals surface area contributed by atoms with Crippen LogP contribution in [0.1, 0.15) is 318 Å². The summed E-state index contributed by atoms with van der Waals surface area (Å²) in [5.41, 5.74) is 0. The Morgan fingerprint density at radius 3 is 1.02 bits per heavy atom. The summed E-state index contributed by atoms with van der Waals surface area (Å²) in [6, 6.07) is -2.02. The maximum absolute atomic E-state index is 13.7. The molecular formula is C77H146N4O22P2. The van der Waals surface area contributed by atoms with Gasteiger partial charge in [0.2, 0.25) is 11.8 Å². The van der Waals surface area contributed by atoms with Crippen molar-refractivity contribution in [3.05, 3.63) is 24.3 Å². The van der Waals surface area contributed by atoms with Crippen LogP contribution in [0.5, 0.6) is 0 Å². The third kappa shape index (κ3) is 63.7. The monoisotopic (exact) mass is 1540 g/mol. The lowest BCUT2D eigenvalue weighted by Crippen LogP contribution is -2.50. The van der Waals surface area contributed by atoms with Gasteiger partial charge in [-0.2, -0.15) is 0 Å². The average Bonchev–Trinajstić information content (AvgIpc) is 1.07. The van der Waals surface area contributed by atoms with Crippen LogP contribution in [0.3, 0.4) is 0 Å². The molecule has 0 saturated heterocycles. The van der Waals surface area contributed by atoms with E-state index in [9.17, 15) is 68.1 Å². The van der Waals surface area contributed by atoms with Crippen LogP contribution in [0.4, 0.5) is 0 Å². The highest BCUT2D eigenvalue weighted by Crippen LogP contribution is 2.44. The maximum Gasteiger partial charge on any atom is 0.472 e. The topological polar surface area (TPSA) is 380 Å². The molecule has 0 aromatic carbocycles. The summed E-state index contributed by atoms with van der Waals surface area (Å²) in [5, 5.41) is 52.1. The first-order valence-corrected chi connectivity index (χ1v) is 43.5. The van der Waals surface area contributed by atoms with Crippen LogP contribution < -0.4 is 21.3 Å². The van der Waals surface area contributed by atoms with Gasteiger partial charge in [-0.1, -0.05) is 214 Å². The smallest absolute Gasteiger partial charge is 0.462 e. The van der Waals surface area contributed by atoms with E-state index < -0.39 is 139 Å². The molecule has 0 fully saturated rings. The molecule has 0 aliphatic rings. The molecule has 0 saturated carbocycles. The van der Waals surface area contributed by atoms with Crippen LogP contribution >= 0.6 is 15.6 Å². The molecule has 4 unspecified atom stereocenters. The van der Waals surface area contributed by atoms with Crippen molar-refractivity contribution in [3.63, 3.8) is 0 Å². The quantitative estimate of drug-likeness (QED) is 0.0117. The molecule has 0 spiro atoms. The van der Waals surface area contributed by atoms with Gasteiger partial charge in [0.25, 0.3) is 11.8 Å². The van der Waals surface area contributed by atoms with Gasteiger partial charge in [-0.05, 0) is 103 Å². The molecule has 10 atom stereocenters. The Morgan fingerprint density at radius 1 is 0.362 bits per heavy atom. The fraction of sp³-hybridized carbons (Fsp3) is 0.870. The molecule has 0 aliphatic heterocycles. The summed E-state index contributed by atoms with van der Waals surface area (Å²) in [7, 11) is -9.82. The zero-order chi connectivity index (χ0) is 77.9. The predicted octanol–water partition coefficient (Wildman–Crippen LogP) is 13.8. The average molecular weight is 1540 g/mol. The van der Waals surface area contributed by atoms with Crippen LogP contribution in [0.2, 0.25) is 0 Å². The first-order valence-electron chi connectivity index (χ1n) is 40.5. The lowest BCUT2D eigenvalue weighted by atomic mass is 10.1. The number of esters is 2. The second kappa shape index (κ2) is 69.5. The third-order valence-corrected chi connectivity index (χ3v) is 19.6. The number of aliphatic hydroxyl groups is 4. The highest BCUT2D eigenvalue weighted by atomic mass is 31.2. The van der Waals surface area contributed by atoms with E-state index in [1.165, 1.54) is 19.3 Å². The van der Waals surface area contributed by atoms with Gasteiger partial charge in [0.15, 0.2) is 12.2 Å². The van der Waals surface area contributed by atoms with Crippen molar-refractivity contribution in [2.75, 3.05) is 65.9 Å². The Labute approximate surface area is 631 Å². The van der Waals surface area contributed by atoms with Crippen molar-refractivity contribution in [2.45, 2.75) is 366 Å². The molecule has 105 heavy (non-hydrogen) atoms. The minimum atomic E-state index is -4.91. The molecule has 0 aromatic rings. The van der Waals surface area contributed by atoms with Crippen molar-refractivity contribution in [3.8, 4) is 0 Å². The van der Waals surface area contributed by atoms with Gasteiger partial charge < -0.3 is 70.4 Å². The molecule has 0 aromatic heterocycles. The second-order valence-electron chi connectivity index (χ2n) is 27.7. The Bertz CT molecular complexity index is 2310. The van der Waals surface area contributed by atoms with Crippen LogP contribution in [-0.4, -0.2) is 180 Å². The zero-order valence-corrected chi connectivity index (χ0v) is 67.3. The number of phosphoric ester groups is 2. The summed E-state index contributed by atoms with van der Waals surface area (Å²) in [6.07, 6.45) is 36.3. The van der Waals surface area contributed by atoms with Gasteiger partial charge in [0, 0.05) is 39.1 Å². The first kappa shape index (κ1) is 101. The summed E-state index contributed by atoms with van der Waals surface area (Å²) in [4.78, 5) is 100. The lowest BCUT2D eigenvalue weighted by molar-refractivity contribution is -0.152. The molecule has 0 heterocycles. The maximum atomic E-state index is 13.7. The summed E-state index contributed by atoms with van der Waals surface area (Å²) >= 11 is 0. The number of rotatable bonds is 76. The molecule has 0 aliphatic carbocycles. The van der Waals surface area contributed by atoms with E-state index in [4.69, 9.17) is 37.0 Å². The highest BCUT2D eigenvalue weighted by Gasteiger charge is 2.32. The molecule has 10 N–H and O–H groups in total. The number of ether oxygens (including phenoxy) is 4. The zero-order valence-electron chi connectivity index (χ0n) is 65.5. The number of hydrogen-bond donors (Lipinski definition) is 10. The number of allylic oxidation sites excluding steroid dienone is 4. The number of phosphoric acid groups is 2. The van der Waals surface area contributed by atoms with Gasteiger partial charge in [-0.25, -0.2) is 9.13 Å². The van der Waals surface area contributed by atoms with E-state index in [2.05, 4.69) is 87.1 Å². The Hall–Kier alpha value is -3.72. The Balaban J connectivity index is 5.72. The number of aliphatic hydroxyl groups excluding tert-OH is 4. The number of unbranched alkanes of at least 4 members (excludes halogenated alkanes) is 25. The van der Waals surface area contributed by atoms with Crippen LogP contribution in [0.15, 0.2) is 24.3 Å². The number of carbonyl (C=O) groups is 6. The summed E-state index contributed by atoms with van der Waals surface area (Å²) in [5.74, 6) is -4.42. The van der Waals surface area contributed by atoms with E-state index in [-0.39, 0.29) is 52.1 Å². The van der Waals surface area contributed by atoms with E-state index in [0.29, 0.717) is 51.4 Å². The Morgan fingerprint density at radius 2 is 0.667 bits per heavy atom. The molecule has 26 nitrogen and oxygen atoms in total. The third-order valence-electron chi connectivity index (χ3n) is 17.6. The van der Waals surface area contributed by atoms with E-state index in [1.54, 1.807) is 0 Å². The summed E-state index contributed by atoms with van der Waals surface area (Å²) in [6.45, 7) is 9.07. The molecule has 4 amide bonds. The largest absolute Gasteiger partial charge is 0.472 e. The fourth-order valence-electron chi connectivity index (χ4n) is 11.3.